The Morgan fingerprint density at radius 2 is 1.98 bits per heavy atom. The van der Waals surface area contributed by atoms with Gasteiger partial charge in [0.15, 0.2) is 6.29 Å². The third kappa shape index (κ3) is 5.72. The van der Waals surface area contributed by atoms with Crippen LogP contribution >= 0.6 is 0 Å². The first-order valence-electron chi connectivity index (χ1n) is 13.2. The van der Waals surface area contributed by atoms with Gasteiger partial charge in [-0.1, -0.05) is 13.3 Å². The molecule has 1 aliphatic heterocycles. The van der Waals surface area contributed by atoms with Crippen LogP contribution in [0.5, 0.6) is 5.75 Å². The van der Waals surface area contributed by atoms with Crippen molar-refractivity contribution in [2.75, 3.05) is 26.3 Å². The van der Waals surface area contributed by atoms with Gasteiger partial charge in [0, 0.05) is 25.7 Å². The summed E-state index contributed by atoms with van der Waals surface area (Å²) >= 11 is 0. The van der Waals surface area contributed by atoms with E-state index in [-0.39, 0.29) is 41.9 Å². The van der Waals surface area contributed by atoms with Gasteiger partial charge in [0.1, 0.15) is 22.6 Å². The van der Waals surface area contributed by atoms with Crippen LogP contribution in [-0.4, -0.2) is 64.9 Å². The third-order valence-corrected chi connectivity index (χ3v) is 9.13. The number of fused-ring (bicyclic) bond motifs is 1. The van der Waals surface area contributed by atoms with Crippen molar-refractivity contribution in [3.63, 3.8) is 0 Å². The lowest BCUT2D eigenvalue weighted by atomic mass is 9.95. The average Bonchev–Trinajstić information content (AvgIpc) is 3.20. The number of carbonyl (C=O) groups excluding carboxylic acids is 1. The van der Waals surface area contributed by atoms with Crippen LogP contribution in [0, 0.1) is 16.0 Å². The van der Waals surface area contributed by atoms with Gasteiger partial charge in [-0.25, -0.2) is 13.4 Å². The summed E-state index contributed by atoms with van der Waals surface area (Å²) in [6, 6.07) is 4.46. The van der Waals surface area contributed by atoms with Crippen LogP contribution in [0.1, 0.15) is 55.6 Å². The smallest absolute Gasteiger partial charge is 0.294 e. The van der Waals surface area contributed by atoms with E-state index in [1.165, 1.54) is 21.0 Å². The van der Waals surface area contributed by atoms with Crippen LogP contribution in [0.25, 0.3) is 22.4 Å². The predicted molar refractivity (Wildman–Crippen MR) is 146 cm³/mol. The highest BCUT2D eigenvalue weighted by Crippen LogP contribution is 2.34. The second-order valence-electron chi connectivity index (χ2n) is 9.69. The monoisotopic (exact) mass is 575 g/mol. The van der Waals surface area contributed by atoms with E-state index in [0.29, 0.717) is 66.7 Å². The Labute approximate surface area is 231 Å². The summed E-state index contributed by atoms with van der Waals surface area (Å²) in [5.41, 5.74) is 1.56. The summed E-state index contributed by atoms with van der Waals surface area (Å²) in [7, 11) is -2.25. The molecule has 2 aromatic heterocycles. The van der Waals surface area contributed by atoms with E-state index in [1.807, 2.05) is 6.92 Å². The highest BCUT2D eigenvalue weighted by molar-refractivity contribution is 7.89. The van der Waals surface area contributed by atoms with Crippen molar-refractivity contribution in [1.29, 1.82) is 0 Å². The normalized spacial score (nSPS) is 14.9. The molecule has 4 rings (SSSR count). The molecule has 0 bridgehead atoms. The molecule has 0 spiro atoms. The molecule has 1 fully saturated rings. The molecule has 3 aromatic rings. The van der Waals surface area contributed by atoms with Gasteiger partial charge in [0.25, 0.3) is 10.6 Å². The summed E-state index contributed by atoms with van der Waals surface area (Å²) in [6.07, 6.45) is 3.59. The number of ether oxygens (including phenoxy) is 1. The Morgan fingerprint density at radius 3 is 2.60 bits per heavy atom. The quantitative estimate of drug-likeness (QED) is 0.194. The molecular formula is C26H33N5O8S. The zero-order chi connectivity index (χ0) is 29.0. The molecule has 3 heterocycles. The van der Waals surface area contributed by atoms with Crippen LogP contribution in [-0.2, 0) is 28.3 Å². The standard InChI is InChI=1S/C26H33N5O8S/c1-4-6-19-21(16-32)29(3)24-23(19)27-25(28-26(24)33)20-15-18(7-8-22(20)38-5-2)40(36,37)30-12-9-17(10-13-30)11-14-39-31(34)35/h7-8,15-17H,4-6,9-14H2,1-3H3,(H,27,28,33). The van der Waals surface area contributed by atoms with E-state index < -0.39 is 20.7 Å². The number of aromatic nitrogens is 3. The van der Waals surface area contributed by atoms with Gasteiger partial charge in [0.2, 0.25) is 10.0 Å². The number of piperidine rings is 1. The molecule has 1 N–H and O–H groups in total. The number of aryl methyl sites for hydroxylation is 2. The Bertz CT molecular complexity index is 1570. The van der Waals surface area contributed by atoms with Gasteiger partial charge < -0.3 is 19.1 Å². The zero-order valence-corrected chi connectivity index (χ0v) is 23.5. The van der Waals surface area contributed by atoms with Crippen molar-refractivity contribution in [1.82, 2.24) is 18.8 Å². The predicted octanol–water partition coefficient (Wildman–Crippen LogP) is 3.09. The molecule has 0 amide bonds. The molecule has 216 valence electrons. The molecule has 13 nitrogen and oxygen atoms in total. The number of rotatable bonds is 12. The largest absolute Gasteiger partial charge is 0.493 e. The van der Waals surface area contributed by atoms with E-state index >= 15 is 0 Å². The summed E-state index contributed by atoms with van der Waals surface area (Å²) < 4.78 is 35.9. The van der Waals surface area contributed by atoms with E-state index in [4.69, 9.17) is 9.72 Å². The first-order chi connectivity index (χ1) is 19.1. The lowest BCUT2D eigenvalue weighted by Gasteiger charge is -2.31. The number of H-pyrrole nitrogens is 1. The van der Waals surface area contributed by atoms with Gasteiger partial charge in [-0.2, -0.15) is 4.31 Å². The number of sulfonamides is 1. The van der Waals surface area contributed by atoms with E-state index in [9.17, 15) is 28.1 Å². The third-order valence-electron chi connectivity index (χ3n) is 7.24. The first-order valence-corrected chi connectivity index (χ1v) is 14.7. The Morgan fingerprint density at radius 1 is 1.25 bits per heavy atom. The molecule has 0 radical (unpaired) electrons. The van der Waals surface area contributed by atoms with Gasteiger partial charge in [0.05, 0.1) is 29.4 Å². The lowest BCUT2D eigenvalue weighted by molar-refractivity contribution is -0.758. The molecule has 1 saturated heterocycles. The Balaban J connectivity index is 1.71. The number of nitrogens with one attached hydrogen (secondary N) is 1. The minimum atomic E-state index is -3.89. The van der Waals surface area contributed by atoms with Gasteiger partial charge in [-0.05, 0) is 56.7 Å². The van der Waals surface area contributed by atoms with Crippen molar-refractivity contribution < 1.29 is 27.9 Å². The highest BCUT2D eigenvalue weighted by atomic mass is 32.2. The number of hydrogen-bond acceptors (Lipinski definition) is 9. The van der Waals surface area contributed by atoms with Crippen LogP contribution in [0.15, 0.2) is 27.9 Å². The van der Waals surface area contributed by atoms with Crippen LogP contribution in [0.4, 0.5) is 0 Å². The number of aldehydes is 1. The fourth-order valence-electron chi connectivity index (χ4n) is 5.22. The Kier molecular flexibility index (Phi) is 8.88. The zero-order valence-electron chi connectivity index (χ0n) is 22.7. The maximum atomic E-state index is 13.6. The molecule has 0 saturated carbocycles. The number of hydrogen-bond donors (Lipinski definition) is 1. The topological polar surface area (TPSA) is 167 Å². The van der Waals surface area contributed by atoms with Crippen molar-refractivity contribution in [3.05, 3.63) is 49.9 Å². The molecule has 0 aliphatic carbocycles. The minimum Gasteiger partial charge on any atom is -0.493 e. The van der Waals surface area contributed by atoms with Crippen molar-refractivity contribution in [2.24, 2.45) is 13.0 Å². The SMILES string of the molecule is CCCc1c(C=O)n(C)c2c(=O)[nH]c(-c3cc(S(=O)(=O)N4CCC(CCO[N+](=O)[O-])CC4)ccc3OCC)nc12. The second kappa shape index (κ2) is 12.2. The van der Waals surface area contributed by atoms with Crippen LogP contribution in [0.3, 0.4) is 0 Å². The van der Waals surface area contributed by atoms with E-state index in [2.05, 4.69) is 9.82 Å². The molecule has 1 aliphatic rings. The molecule has 14 heteroatoms. The fraction of sp³-hybridized carbons (Fsp3) is 0.500. The molecular weight excluding hydrogens is 542 g/mol. The van der Waals surface area contributed by atoms with Crippen molar-refractivity contribution in [2.45, 2.75) is 50.8 Å². The molecule has 40 heavy (non-hydrogen) atoms. The first kappa shape index (κ1) is 29.2. The lowest BCUT2D eigenvalue weighted by Crippen LogP contribution is -2.38. The number of benzene rings is 1. The molecule has 0 atom stereocenters. The summed E-state index contributed by atoms with van der Waals surface area (Å²) in [6.45, 7) is 4.59. The molecule has 1 aromatic carbocycles. The fourth-order valence-corrected chi connectivity index (χ4v) is 6.72. The van der Waals surface area contributed by atoms with Crippen molar-refractivity contribution in [3.8, 4) is 17.1 Å². The van der Waals surface area contributed by atoms with Crippen LogP contribution < -0.4 is 10.3 Å². The summed E-state index contributed by atoms with van der Waals surface area (Å²) in [5.74, 6) is 0.627. The van der Waals surface area contributed by atoms with E-state index in [1.54, 1.807) is 20.0 Å². The van der Waals surface area contributed by atoms with Gasteiger partial charge >= 0.3 is 0 Å². The maximum Gasteiger partial charge on any atom is 0.294 e. The number of nitrogens with zero attached hydrogens (tertiary/aromatic N) is 4. The summed E-state index contributed by atoms with van der Waals surface area (Å²) in [4.78, 5) is 47.2. The average molecular weight is 576 g/mol. The Hall–Kier alpha value is -3.78. The maximum absolute atomic E-state index is 13.6. The summed E-state index contributed by atoms with van der Waals surface area (Å²) in [5, 5.41) is 9.56. The molecule has 0 unspecified atom stereocenters. The van der Waals surface area contributed by atoms with Crippen molar-refractivity contribution >= 4 is 27.3 Å². The minimum absolute atomic E-state index is 0.0159. The highest BCUT2D eigenvalue weighted by Gasteiger charge is 2.30. The second-order valence-corrected chi connectivity index (χ2v) is 11.6. The van der Waals surface area contributed by atoms with Gasteiger partial charge in [-0.3, -0.25) is 9.59 Å². The van der Waals surface area contributed by atoms with E-state index in [0.717, 1.165) is 6.42 Å². The number of carbonyl (C=O) groups is 1. The van der Waals surface area contributed by atoms with Gasteiger partial charge in [-0.15, -0.1) is 10.1 Å². The number of aromatic amines is 1. The van der Waals surface area contributed by atoms with Crippen LogP contribution in [0.2, 0.25) is 0 Å².